The summed E-state index contributed by atoms with van der Waals surface area (Å²) >= 11 is 1.78. The van der Waals surface area contributed by atoms with Crippen LogP contribution in [-0.2, 0) is 12.8 Å². The third-order valence-corrected chi connectivity index (χ3v) is 4.53. The molecular weight excluding hydrogens is 252 g/mol. The van der Waals surface area contributed by atoms with Crippen LogP contribution in [0.15, 0.2) is 24.3 Å². The Hall–Kier alpha value is -1.19. The molecule has 0 aliphatic heterocycles. The second-order valence-corrected chi connectivity index (χ2v) is 6.53. The summed E-state index contributed by atoms with van der Waals surface area (Å²) in [4.78, 5) is 5.86. The fourth-order valence-electron chi connectivity index (χ4n) is 2.06. The molecule has 2 nitrogen and oxygen atoms in total. The Morgan fingerprint density at radius 3 is 2.42 bits per heavy atom. The maximum Gasteiger partial charge on any atom is 0.0946 e. The highest BCUT2D eigenvalue weighted by atomic mass is 32.1. The maximum absolute atomic E-state index is 6.21. The summed E-state index contributed by atoms with van der Waals surface area (Å²) in [7, 11) is 0. The van der Waals surface area contributed by atoms with E-state index in [2.05, 4.69) is 50.0 Å². The molecule has 3 heteroatoms. The van der Waals surface area contributed by atoms with Crippen LogP contribution in [0.4, 0.5) is 0 Å². The van der Waals surface area contributed by atoms with E-state index in [9.17, 15) is 0 Å². The van der Waals surface area contributed by atoms with E-state index >= 15 is 0 Å². The van der Waals surface area contributed by atoms with Crippen LogP contribution in [0.1, 0.15) is 33.1 Å². The molecule has 0 fully saturated rings. The van der Waals surface area contributed by atoms with Gasteiger partial charge < -0.3 is 5.73 Å². The van der Waals surface area contributed by atoms with Crippen LogP contribution in [0.5, 0.6) is 0 Å². The minimum atomic E-state index is 0.200. The number of nitrogens with two attached hydrogens (primary N) is 1. The second-order valence-electron chi connectivity index (χ2n) is 5.24. The summed E-state index contributed by atoms with van der Waals surface area (Å²) in [5.41, 5.74) is 10.0. The van der Waals surface area contributed by atoms with Gasteiger partial charge in [0.2, 0.25) is 0 Å². The van der Waals surface area contributed by atoms with E-state index < -0.39 is 0 Å². The molecule has 1 unspecified atom stereocenters. The number of aromatic nitrogens is 1. The van der Waals surface area contributed by atoms with Crippen molar-refractivity contribution in [3.8, 4) is 0 Å². The average Bonchev–Trinajstić information content (AvgIpc) is 2.67. The van der Waals surface area contributed by atoms with Gasteiger partial charge in [-0.25, -0.2) is 4.98 Å². The smallest absolute Gasteiger partial charge is 0.0946 e. The van der Waals surface area contributed by atoms with Gasteiger partial charge in [-0.2, -0.15) is 0 Å². The molecule has 102 valence electrons. The van der Waals surface area contributed by atoms with Crippen LogP contribution in [0, 0.1) is 20.8 Å². The average molecular weight is 274 g/mol. The van der Waals surface area contributed by atoms with Gasteiger partial charge >= 0.3 is 0 Å². The highest BCUT2D eigenvalue weighted by Crippen LogP contribution is 2.18. The van der Waals surface area contributed by atoms with E-state index in [1.54, 1.807) is 11.3 Å². The van der Waals surface area contributed by atoms with Gasteiger partial charge in [-0.05, 0) is 39.2 Å². The Kier molecular flexibility index (Phi) is 4.72. The Bertz CT molecular complexity index is 509. The molecule has 0 aliphatic carbocycles. The van der Waals surface area contributed by atoms with Crippen molar-refractivity contribution in [3.05, 3.63) is 51.0 Å². The molecule has 0 amide bonds. The summed E-state index contributed by atoms with van der Waals surface area (Å²) in [6, 6.07) is 8.91. The van der Waals surface area contributed by atoms with Crippen LogP contribution in [0.25, 0.3) is 0 Å². The molecule has 0 spiro atoms. The summed E-state index contributed by atoms with van der Waals surface area (Å²) in [5, 5.41) is 1.17. The molecule has 1 atom stereocenters. The first-order valence-electron chi connectivity index (χ1n) is 6.78. The van der Waals surface area contributed by atoms with E-state index in [1.807, 2.05) is 0 Å². The third kappa shape index (κ3) is 4.15. The first-order chi connectivity index (χ1) is 9.04. The van der Waals surface area contributed by atoms with E-state index in [1.165, 1.54) is 21.0 Å². The topological polar surface area (TPSA) is 38.9 Å². The summed E-state index contributed by atoms with van der Waals surface area (Å²) in [6.45, 7) is 6.30. The molecule has 0 saturated carbocycles. The predicted molar refractivity (Wildman–Crippen MR) is 82.8 cm³/mol. The zero-order valence-electron chi connectivity index (χ0n) is 11.9. The minimum Gasteiger partial charge on any atom is -0.327 e. The van der Waals surface area contributed by atoms with Crippen molar-refractivity contribution >= 4 is 11.3 Å². The SMILES string of the molecule is Cc1ccc(CCC(N)Cc2nc(C)c(C)s2)cc1. The highest BCUT2D eigenvalue weighted by Gasteiger charge is 2.09. The van der Waals surface area contributed by atoms with Gasteiger partial charge in [0.15, 0.2) is 0 Å². The number of aryl methyl sites for hydroxylation is 4. The van der Waals surface area contributed by atoms with Gasteiger partial charge in [0.1, 0.15) is 0 Å². The monoisotopic (exact) mass is 274 g/mol. The summed E-state index contributed by atoms with van der Waals surface area (Å²) in [5.74, 6) is 0. The molecule has 2 aromatic rings. The van der Waals surface area contributed by atoms with Gasteiger partial charge in [0.05, 0.1) is 10.7 Å². The van der Waals surface area contributed by atoms with Crippen molar-refractivity contribution in [1.82, 2.24) is 4.98 Å². The standard InChI is InChI=1S/C16H22N2S/c1-11-4-6-14(7-5-11)8-9-15(17)10-16-18-12(2)13(3)19-16/h4-7,15H,8-10,17H2,1-3H3. The molecule has 0 saturated heterocycles. The van der Waals surface area contributed by atoms with Gasteiger partial charge in [0, 0.05) is 17.3 Å². The van der Waals surface area contributed by atoms with E-state index in [0.717, 1.165) is 25.0 Å². The van der Waals surface area contributed by atoms with E-state index in [0.29, 0.717) is 0 Å². The highest BCUT2D eigenvalue weighted by molar-refractivity contribution is 7.11. The van der Waals surface area contributed by atoms with Gasteiger partial charge in [-0.3, -0.25) is 0 Å². The normalized spacial score (nSPS) is 12.6. The Morgan fingerprint density at radius 1 is 1.16 bits per heavy atom. The molecule has 2 N–H and O–H groups in total. The molecule has 19 heavy (non-hydrogen) atoms. The molecular formula is C16H22N2S. The lowest BCUT2D eigenvalue weighted by molar-refractivity contribution is 0.608. The van der Waals surface area contributed by atoms with Gasteiger partial charge in [0.25, 0.3) is 0 Å². The van der Waals surface area contributed by atoms with Crippen molar-refractivity contribution < 1.29 is 0 Å². The number of hydrogen-bond acceptors (Lipinski definition) is 3. The minimum absolute atomic E-state index is 0.200. The van der Waals surface area contributed by atoms with Crippen LogP contribution in [0.2, 0.25) is 0 Å². The lowest BCUT2D eigenvalue weighted by Gasteiger charge is -2.09. The van der Waals surface area contributed by atoms with Crippen molar-refractivity contribution in [2.45, 2.75) is 46.1 Å². The number of rotatable bonds is 5. The Balaban J connectivity index is 1.84. The summed E-state index contributed by atoms with van der Waals surface area (Å²) < 4.78 is 0. The van der Waals surface area contributed by atoms with Gasteiger partial charge in [-0.15, -0.1) is 11.3 Å². The van der Waals surface area contributed by atoms with Crippen molar-refractivity contribution in [1.29, 1.82) is 0 Å². The molecule has 2 rings (SSSR count). The molecule has 1 aromatic heterocycles. The zero-order chi connectivity index (χ0) is 13.8. The molecule has 1 aromatic carbocycles. The van der Waals surface area contributed by atoms with Crippen LogP contribution < -0.4 is 5.73 Å². The lowest BCUT2D eigenvalue weighted by Crippen LogP contribution is -2.23. The van der Waals surface area contributed by atoms with E-state index in [-0.39, 0.29) is 6.04 Å². The first kappa shape index (κ1) is 14.2. The van der Waals surface area contributed by atoms with Crippen LogP contribution >= 0.6 is 11.3 Å². The van der Waals surface area contributed by atoms with Crippen LogP contribution in [-0.4, -0.2) is 11.0 Å². The fourth-order valence-corrected chi connectivity index (χ4v) is 3.09. The molecule has 0 radical (unpaired) electrons. The van der Waals surface area contributed by atoms with Crippen molar-refractivity contribution in [2.75, 3.05) is 0 Å². The molecule has 0 bridgehead atoms. The largest absolute Gasteiger partial charge is 0.327 e. The number of benzene rings is 1. The molecule has 0 aliphatic rings. The fraction of sp³-hybridized carbons (Fsp3) is 0.438. The van der Waals surface area contributed by atoms with Crippen LogP contribution in [0.3, 0.4) is 0 Å². The molecule has 1 heterocycles. The van der Waals surface area contributed by atoms with Gasteiger partial charge in [-0.1, -0.05) is 29.8 Å². The van der Waals surface area contributed by atoms with E-state index in [4.69, 9.17) is 5.73 Å². The van der Waals surface area contributed by atoms with Crippen molar-refractivity contribution in [3.63, 3.8) is 0 Å². The quantitative estimate of drug-likeness (QED) is 0.905. The Labute approximate surface area is 119 Å². The number of hydrogen-bond donors (Lipinski definition) is 1. The van der Waals surface area contributed by atoms with Crippen molar-refractivity contribution in [2.24, 2.45) is 5.73 Å². The third-order valence-electron chi connectivity index (χ3n) is 3.43. The Morgan fingerprint density at radius 2 is 1.84 bits per heavy atom. The summed E-state index contributed by atoms with van der Waals surface area (Å²) in [6.07, 6.45) is 2.96. The first-order valence-corrected chi connectivity index (χ1v) is 7.60. The predicted octanol–water partition coefficient (Wildman–Crippen LogP) is 3.57. The maximum atomic E-state index is 6.21. The zero-order valence-corrected chi connectivity index (χ0v) is 12.8. The number of nitrogens with zero attached hydrogens (tertiary/aromatic N) is 1. The lowest BCUT2D eigenvalue weighted by atomic mass is 10.0. The second kappa shape index (κ2) is 6.31. The number of thiazole rings is 1.